The monoisotopic (exact) mass is 631 g/mol. The number of carbonyl (C=O) groups excluding carboxylic acids is 2. The van der Waals surface area contributed by atoms with Gasteiger partial charge in [-0.3, -0.25) is 13.9 Å². The van der Waals surface area contributed by atoms with Crippen molar-refractivity contribution in [2.45, 2.75) is 57.6 Å². The number of sulfonamides is 1. The summed E-state index contributed by atoms with van der Waals surface area (Å²) in [5.41, 5.74) is 3.60. The van der Waals surface area contributed by atoms with Crippen LogP contribution >= 0.6 is 11.6 Å². The maximum absolute atomic E-state index is 14.5. The molecule has 4 aromatic rings. The first-order valence-electron chi connectivity index (χ1n) is 14.5. The molecule has 0 aromatic heterocycles. The van der Waals surface area contributed by atoms with E-state index in [0.717, 1.165) is 21.0 Å². The van der Waals surface area contributed by atoms with Crippen molar-refractivity contribution in [3.05, 3.63) is 130 Å². The lowest BCUT2D eigenvalue weighted by atomic mass is 10.0. The standard InChI is InChI=1S/C35H38ClN3O4S/c1-25(2)37-35(41)33(22-28-14-7-5-8-15-28)38(23-29-16-12-17-30(36)21-29)34(40)24-39(32-20-11-13-26(3)27(32)4)44(42,43)31-18-9-6-10-19-31/h5-21,25,33H,22-24H2,1-4H3,(H,37,41)/t33-/m1/s1. The van der Waals surface area contributed by atoms with E-state index in [9.17, 15) is 18.0 Å². The third kappa shape index (κ3) is 8.07. The van der Waals surface area contributed by atoms with Gasteiger partial charge in [-0.1, -0.05) is 84.4 Å². The molecule has 0 fully saturated rings. The second-order valence-electron chi connectivity index (χ2n) is 11.1. The average molecular weight is 632 g/mol. The van der Waals surface area contributed by atoms with Crippen LogP contribution < -0.4 is 9.62 Å². The number of amides is 2. The minimum atomic E-state index is -4.16. The fourth-order valence-corrected chi connectivity index (χ4v) is 6.71. The largest absolute Gasteiger partial charge is 0.352 e. The fraction of sp³-hybridized carbons (Fsp3) is 0.257. The topological polar surface area (TPSA) is 86.8 Å². The predicted molar refractivity (Wildman–Crippen MR) is 176 cm³/mol. The third-order valence-electron chi connectivity index (χ3n) is 7.40. The predicted octanol–water partition coefficient (Wildman–Crippen LogP) is 6.32. The zero-order valence-electron chi connectivity index (χ0n) is 25.4. The quantitative estimate of drug-likeness (QED) is 0.198. The molecule has 4 aromatic carbocycles. The molecular formula is C35H38ClN3O4S. The number of nitrogens with one attached hydrogen (secondary N) is 1. The summed E-state index contributed by atoms with van der Waals surface area (Å²) in [6.07, 6.45) is 0.237. The van der Waals surface area contributed by atoms with E-state index in [1.165, 1.54) is 17.0 Å². The molecule has 7 nitrogen and oxygen atoms in total. The molecule has 2 amide bonds. The highest BCUT2D eigenvalue weighted by molar-refractivity contribution is 7.92. The Morgan fingerprint density at radius 1 is 0.818 bits per heavy atom. The van der Waals surface area contributed by atoms with Gasteiger partial charge in [0.25, 0.3) is 10.0 Å². The van der Waals surface area contributed by atoms with Crippen molar-refractivity contribution >= 4 is 39.1 Å². The molecule has 0 aliphatic heterocycles. The van der Waals surface area contributed by atoms with E-state index in [1.807, 2.05) is 70.2 Å². The molecule has 44 heavy (non-hydrogen) atoms. The normalized spacial score (nSPS) is 12.0. The second kappa shape index (κ2) is 14.6. The SMILES string of the molecule is Cc1cccc(N(CC(=O)N(Cc2cccc(Cl)c2)[C@H](Cc2ccccc2)C(=O)NC(C)C)S(=O)(=O)c2ccccc2)c1C. The summed E-state index contributed by atoms with van der Waals surface area (Å²) < 4.78 is 29.5. The zero-order chi connectivity index (χ0) is 31.9. The number of anilines is 1. The Balaban J connectivity index is 1.83. The Hall–Kier alpha value is -4.14. The molecule has 4 rings (SSSR count). The molecule has 1 N–H and O–H groups in total. The van der Waals surface area contributed by atoms with Crippen molar-refractivity contribution in [2.75, 3.05) is 10.8 Å². The first-order chi connectivity index (χ1) is 21.0. The van der Waals surface area contributed by atoms with E-state index in [2.05, 4.69) is 5.32 Å². The highest BCUT2D eigenvalue weighted by Gasteiger charge is 2.35. The summed E-state index contributed by atoms with van der Waals surface area (Å²) in [5.74, 6) is -0.853. The van der Waals surface area contributed by atoms with Gasteiger partial charge < -0.3 is 10.2 Å². The van der Waals surface area contributed by atoms with Crippen LogP contribution in [0, 0.1) is 13.8 Å². The number of aryl methyl sites for hydroxylation is 1. The summed E-state index contributed by atoms with van der Waals surface area (Å²) >= 11 is 6.30. The van der Waals surface area contributed by atoms with Crippen molar-refractivity contribution < 1.29 is 18.0 Å². The van der Waals surface area contributed by atoms with E-state index < -0.39 is 28.5 Å². The molecule has 9 heteroatoms. The van der Waals surface area contributed by atoms with E-state index in [4.69, 9.17) is 11.6 Å². The van der Waals surface area contributed by atoms with Gasteiger partial charge in [-0.2, -0.15) is 0 Å². The smallest absolute Gasteiger partial charge is 0.264 e. The van der Waals surface area contributed by atoms with Crippen molar-refractivity contribution in [3.63, 3.8) is 0 Å². The van der Waals surface area contributed by atoms with Crippen LogP contribution in [0.3, 0.4) is 0 Å². The number of halogens is 1. The van der Waals surface area contributed by atoms with E-state index in [-0.39, 0.29) is 29.8 Å². The van der Waals surface area contributed by atoms with Crippen LogP contribution in [0.5, 0.6) is 0 Å². The molecule has 0 aliphatic carbocycles. The Labute approximate surface area is 265 Å². The number of hydrogen-bond donors (Lipinski definition) is 1. The van der Waals surface area contributed by atoms with Crippen LogP contribution in [0.15, 0.2) is 108 Å². The highest BCUT2D eigenvalue weighted by Crippen LogP contribution is 2.29. The average Bonchev–Trinajstić information content (AvgIpc) is 2.99. The van der Waals surface area contributed by atoms with Crippen molar-refractivity contribution in [1.29, 1.82) is 0 Å². The number of nitrogens with zero attached hydrogens (tertiary/aromatic N) is 2. The van der Waals surface area contributed by atoms with Crippen molar-refractivity contribution in [3.8, 4) is 0 Å². The fourth-order valence-electron chi connectivity index (χ4n) is 5.01. The lowest BCUT2D eigenvalue weighted by Crippen LogP contribution is -2.54. The minimum Gasteiger partial charge on any atom is -0.352 e. The molecular weight excluding hydrogens is 594 g/mol. The summed E-state index contributed by atoms with van der Waals surface area (Å²) in [5, 5.41) is 3.45. The summed E-state index contributed by atoms with van der Waals surface area (Å²) in [6.45, 7) is 6.98. The molecule has 230 valence electrons. The number of hydrogen-bond acceptors (Lipinski definition) is 4. The Morgan fingerprint density at radius 3 is 2.07 bits per heavy atom. The minimum absolute atomic E-state index is 0.0500. The molecule has 0 spiro atoms. The Bertz CT molecular complexity index is 1700. The molecule has 0 saturated heterocycles. The number of carbonyl (C=O) groups is 2. The summed E-state index contributed by atoms with van der Waals surface area (Å²) in [7, 11) is -4.16. The maximum Gasteiger partial charge on any atom is 0.264 e. The van der Waals surface area contributed by atoms with Crippen LogP contribution in [0.4, 0.5) is 5.69 Å². The van der Waals surface area contributed by atoms with Crippen LogP contribution in [-0.2, 0) is 32.6 Å². The second-order valence-corrected chi connectivity index (χ2v) is 13.4. The Kier molecular flexibility index (Phi) is 10.8. The lowest BCUT2D eigenvalue weighted by molar-refractivity contribution is -0.140. The van der Waals surface area contributed by atoms with Crippen LogP contribution in [-0.4, -0.2) is 43.8 Å². The highest BCUT2D eigenvalue weighted by atomic mass is 35.5. The first kappa shape index (κ1) is 32.8. The summed E-state index contributed by atoms with van der Waals surface area (Å²) in [4.78, 5) is 29.8. The van der Waals surface area contributed by atoms with Gasteiger partial charge in [0, 0.05) is 24.0 Å². The van der Waals surface area contributed by atoms with Gasteiger partial charge in [0.1, 0.15) is 12.6 Å². The van der Waals surface area contributed by atoms with Gasteiger partial charge in [-0.05, 0) is 80.3 Å². The van der Waals surface area contributed by atoms with Crippen LogP contribution in [0.1, 0.15) is 36.1 Å². The van der Waals surface area contributed by atoms with E-state index in [0.29, 0.717) is 16.3 Å². The Morgan fingerprint density at radius 2 is 1.43 bits per heavy atom. The van der Waals surface area contributed by atoms with E-state index >= 15 is 0 Å². The molecule has 0 aliphatic rings. The van der Waals surface area contributed by atoms with Gasteiger partial charge in [0.05, 0.1) is 10.6 Å². The van der Waals surface area contributed by atoms with Crippen LogP contribution in [0.2, 0.25) is 5.02 Å². The van der Waals surface area contributed by atoms with E-state index in [1.54, 1.807) is 48.5 Å². The third-order valence-corrected chi connectivity index (χ3v) is 9.41. The van der Waals surface area contributed by atoms with Gasteiger partial charge >= 0.3 is 0 Å². The van der Waals surface area contributed by atoms with Crippen molar-refractivity contribution in [2.24, 2.45) is 0 Å². The van der Waals surface area contributed by atoms with Gasteiger partial charge in [0.15, 0.2) is 0 Å². The van der Waals surface area contributed by atoms with Crippen LogP contribution in [0.25, 0.3) is 0 Å². The molecule has 0 unspecified atom stereocenters. The summed E-state index contributed by atoms with van der Waals surface area (Å²) in [6, 6.07) is 28.9. The zero-order valence-corrected chi connectivity index (χ0v) is 27.0. The van der Waals surface area contributed by atoms with Gasteiger partial charge in [-0.15, -0.1) is 0 Å². The van der Waals surface area contributed by atoms with Gasteiger partial charge in [-0.25, -0.2) is 8.42 Å². The molecule has 0 radical (unpaired) electrons. The lowest BCUT2D eigenvalue weighted by Gasteiger charge is -2.34. The first-order valence-corrected chi connectivity index (χ1v) is 16.3. The van der Waals surface area contributed by atoms with Gasteiger partial charge in [0.2, 0.25) is 11.8 Å². The molecule has 1 atom stereocenters. The molecule has 0 heterocycles. The molecule has 0 saturated carbocycles. The molecule has 0 bridgehead atoms. The number of rotatable bonds is 12. The van der Waals surface area contributed by atoms with Crippen molar-refractivity contribution in [1.82, 2.24) is 10.2 Å². The number of benzene rings is 4. The maximum atomic E-state index is 14.5.